The molecular weight excluding hydrogens is 505 g/mol. The van der Waals surface area contributed by atoms with Crippen LogP contribution in [0.5, 0.6) is 11.5 Å². The molecule has 2 aromatic rings. The van der Waals surface area contributed by atoms with Gasteiger partial charge in [0.15, 0.2) is 0 Å². The maximum Gasteiger partial charge on any atom is 0.244 e. The van der Waals surface area contributed by atoms with Gasteiger partial charge in [-0.25, -0.2) is 8.42 Å². The Kier molecular flexibility index (Phi) is 9.43. The number of carbonyl (C=O) groups excluding carboxylic acids is 2. The third-order valence-corrected chi connectivity index (χ3v) is 6.82. The van der Waals surface area contributed by atoms with Crippen molar-refractivity contribution in [2.45, 2.75) is 19.5 Å². The number of sulfonamides is 1. The molecule has 0 aliphatic rings. The van der Waals surface area contributed by atoms with Crippen LogP contribution in [0, 0.1) is 0 Å². The van der Waals surface area contributed by atoms with E-state index in [1.807, 2.05) is 0 Å². The lowest BCUT2D eigenvalue weighted by Gasteiger charge is -2.31. The molecule has 2 rings (SSSR count). The van der Waals surface area contributed by atoms with Crippen LogP contribution in [0.2, 0.25) is 10.0 Å². The van der Waals surface area contributed by atoms with Crippen LogP contribution in [0.25, 0.3) is 0 Å². The Bertz CT molecular complexity index is 1160. The minimum absolute atomic E-state index is 0.0409. The van der Waals surface area contributed by atoms with Gasteiger partial charge in [0.2, 0.25) is 21.8 Å². The number of carbonyl (C=O) groups is 2. The van der Waals surface area contributed by atoms with E-state index in [-0.39, 0.29) is 18.0 Å². The fraction of sp³-hybridized carbons (Fsp3) is 0.364. The van der Waals surface area contributed by atoms with E-state index in [4.69, 9.17) is 32.7 Å². The van der Waals surface area contributed by atoms with Crippen molar-refractivity contribution < 1.29 is 27.5 Å². The largest absolute Gasteiger partial charge is 0.497 e. The van der Waals surface area contributed by atoms with Crippen molar-refractivity contribution in [1.82, 2.24) is 10.2 Å². The molecular formula is C22H27Cl2N3O6S. The fourth-order valence-electron chi connectivity index (χ4n) is 3.21. The number of amides is 2. The molecule has 0 saturated heterocycles. The van der Waals surface area contributed by atoms with Crippen LogP contribution in [0.1, 0.15) is 12.5 Å². The van der Waals surface area contributed by atoms with Gasteiger partial charge in [0, 0.05) is 29.7 Å². The van der Waals surface area contributed by atoms with E-state index in [0.29, 0.717) is 21.4 Å². The molecule has 0 fully saturated rings. The fourth-order valence-corrected chi connectivity index (χ4v) is 4.53. The van der Waals surface area contributed by atoms with Gasteiger partial charge in [-0.05, 0) is 36.8 Å². The summed E-state index contributed by atoms with van der Waals surface area (Å²) in [5.41, 5.74) is 0.694. The van der Waals surface area contributed by atoms with Gasteiger partial charge in [-0.3, -0.25) is 13.9 Å². The second-order valence-electron chi connectivity index (χ2n) is 7.36. The van der Waals surface area contributed by atoms with Gasteiger partial charge in [0.05, 0.1) is 26.2 Å². The number of nitrogens with one attached hydrogen (secondary N) is 1. The number of ether oxygens (including phenoxy) is 2. The number of likely N-dealkylation sites (N-methyl/N-ethyl adjacent to an activating group) is 1. The smallest absolute Gasteiger partial charge is 0.244 e. The molecule has 0 unspecified atom stereocenters. The summed E-state index contributed by atoms with van der Waals surface area (Å²) in [7, 11) is 0.373. The van der Waals surface area contributed by atoms with Crippen molar-refractivity contribution in [3.05, 3.63) is 52.0 Å². The molecule has 0 saturated carbocycles. The minimum Gasteiger partial charge on any atom is -0.497 e. The second-order valence-corrected chi connectivity index (χ2v) is 10.1. The summed E-state index contributed by atoms with van der Waals surface area (Å²) in [6.07, 6.45) is 0.979. The van der Waals surface area contributed by atoms with E-state index < -0.39 is 34.4 Å². The Balaban J connectivity index is 2.48. The van der Waals surface area contributed by atoms with Crippen molar-refractivity contribution in [3.63, 3.8) is 0 Å². The molecule has 0 bridgehead atoms. The molecule has 186 valence electrons. The highest BCUT2D eigenvalue weighted by molar-refractivity contribution is 7.92. The van der Waals surface area contributed by atoms with Gasteiger partial charge < -0.3 is 19.7 Å². The van der Waals surface area contributed by atoms with E-state index in [9.17, 15) is 18.0 Å². The topological polar surface area (TPSA) is 105 Å². The average Bonchev–Trinajstić information content (AvgIpc) is 2.79. The van der Waals surface area contributed by atoms with Gasteiger partial charge in [-0.2, -0.15) is 0 Å². The van der Waals surface area contributed by atoms with Crippen LogP contribution in [0.4, 0.5) is 5.69 Å². The van der Waals surface area contributed by atoms with E-state index >= 15 is 0 Å². The number of hydrogen-bond acceptors (Lipinski definition) is 6. The lowest BCUT2D eigenvalue weighted by atomic mass is 10.1. The van der Waals surface area contributed by atoms with Crippen LogP contribution in [-0.2, 0) is 26.2 Å². The molecule has 0 aliphatic heterocycles. The molecule has 0 heterocycles. The van der Waals surface area contributed by atoms with Gasteiger partial charge >= 0.3 is 0 Å². The van der Waals surface area contributed by atoms with Gasteiger partial charge in [0.25, 0.3) is 0 Å². The monoisotopic (exact) mass is 531 g/mol. The van der Waals surface area contributed by atoms with Crippen LogP contribution < -0.4 is 19.1 Å². The Morgan fingerprint density at radius 2 is 1.76 bits per heavy atom. The van der Waals surface area contributed by atoms with Crippen molar-refractivity contribution in [2.24, 2.45) is 0 Å². The second kappa shape index (κ2) is 11.6. The van der Waals surface area contributed by atoms with E-state index in [1.54, 1.807) is 25.1 Å². The van der Waals surface area contributed by atoms with Crippen molar-refractivity contribution in [3.8, 4) is 11.5 Å². The highest BCUT2D eigenvalue weighted by atomic mass is 35.5. The molecule has 1 atom stereocenters. The number of anilines is 1. The van der Waals surface area contributed by atoms with Gasteiger partial charge in [-0.1, -0.05) is 29.3 Å². The zero-order valence-electron chi connectivity index (χ0n) is 19.5. The quantitative estimate of drug-likeness (QED) is 0.505. The van der Waals surface area contributed by atoms with Crippen molar-refractivity contribution in [1.29, 1.82) is 0 Å². The van der Waals surface area contributed by atoms with Crippen LogP contribution >= 0.6 is 23.2 Å². The Morgan fingerprint density at radius 1 is 1.09 bits per heavy atom. The first kappa shape index (κ1) is 27.6. The normalized spacial score (nSPS) is 12.0. The summed E-state index contributed by atoms with van der Waals surface area (Å²) in [6, 6.07) is 8.41. The number of methoxy groups -OCH3 is 2. The molecule has 0 aliphatic carbocycles. The molecule has 2 aromatic carbocycles. The summed E-state index contributed by atoms with van der Waals surface area (Å²) in [5.74, 6) is -0.395. The molecule has 1 N–H and O–H groups in total. The van der Waals surface area contributed by atoms with E-state index in [0.717, 1.165) is 10.6 Å². The SMILES string of the molecule is CNC(=O)[C@H](C)N(Cc1ccc(Cl)cc1Cl)C(=O)CN(c1ccc(OC)cc1OC)S(C)(=O)=O. The molecule has 9 nitrogen and oxygen atoms in total. The van der Waals surface area contributed by atoms with E-state index in [1.165, 1.54) is 44.4 Å². The molecule has 0 spiro atoms. The number of nitrogens with zero attached hydrogens (tertiary/aromatic N) is 2. The maximum atomic E-state index is 13.4. The summed E-state index contributed by atoms with van der Waals surface area (Å²) in [4.78, 5) is 27.1. The number of benzene rings is 2. The average molecular weight is 532 g/mol. The van der Waals surface area contributed by atoms with Crippen molar-refractivity contribution >= 4 is 50.7 Å². The first-order valence-electron chi connectivity index (χ1n) is 10.1. The Hall–Kier alpha value is -2.69. The lowest BCUT2D eigenvalue weighted by Crippen LogP contribution is -2.50. The summed E-state index contributed by atoms with van der Waals surface area (Å²) < 4.78 is 36.8. The number of halogens is 2. The predicted molar refractivity (Wildman–Crippen MR) is 132 cm³/mol. The van der Waals surface area contributed by atoms with Gasteiger partial charge in [-0.15, -0.1) is 0 Å². The summed E-state index contributed by atoms with van der Waals surface area (Å²) in [6.45, 7) is 0.925. The minimum atomic E-state index is -3.92. The van der Waals surface area contributed by atoms with Crippen LogP contribution in [-0.4, -0.2) is 65.2 Å². The standard InChI is InChI=1S/C22H27Cl2N3O6S/c1-14(22(29)25-2)26(12-15-6-7-16(23)10-18(15)24)21(28)13-27(34(5,30)31)19-9-8-17(32-3)11-20(19)33-4/h6-11,14H,12-13H2,1-5H3,(H,25,29)/t14-/m0/s1. The zero-order chi connectivity index (χ0) is 25.6. The van der Waals surface area contributed by atoms with Gasteiger partial charge in [0.1, 0.15) is 24.1 Å². The maximum absolute atomic E-state index is 13.4. The Morgan fingerprint density at radius 3 is 2.29 bits per heavy atom. The van der Waals surface area contributed by atoms with Crippen LogP contribution in [0.3, 0.4) is 0 Å². The Labute approximate surface area is 209 Å². The third-order valence-electron chi connectivity index (χ3n) is 5.10. The first-order chi connectivity index (χ1) is 15.9. The van der Waals surface area contributed by atoms with E-state index in [2.05, 4.69) is 5.32 Å². The summed E-state index contributed by atoms with van der Waals surface area (Å²) >= 11 is 12.2. The highest BCUT2D eigenvalue weighted by Crippen LogP contribution is 2.34. The number of hydrogen-bond donors (Lipinski definition) is 1. The summed E-state index contributed by atoms with van der Waals surface area (Å²) in [5, 5.41) is 3.23. The zero-order valence-corrected chi connectivity index (χ0v) is 21.8. The lowest BCUT2D eigenvalue weighted by molar-refractivity contribution is -0.139. The molecule has 12 heteroatoms. The highest BCUT2D eigenvalue weighted by Gasteiger charge is 2.31. The molecule has 0 aromatic heterocycles. The molecule has 2 amide bonds. The van der Waals surface area contributed by atoms with Crippen LogP contribution in [0.15, 0.2) is 36.4 Å². The number of rotatable bonds is 10. The molecule has 34 heavy (non-hydrogen) atoms. The third kappa shape index (κ3) is 6.68. The predicted octanol–water partition coefficient (Wildman–Crippen LogP) is 2.94. The van der Waals surface area contributed by atoms with Crippen molar-refractivity contribution in [2.75, 3.05) is 38.4 Å². The molecule has 0 radical (unpaired) electrons. The first-order valence-corrected chi connectivity index (χ1v) is 12.7.